The molecule has 1 atom stereocenters. The molecule has 1 N–H and O–H groups in total. The van der Waals surface area contributed by atoms with Crippen molar-refractivity contribution in [1.82, 2.24) is 10.2 Å². The molecule has 23 heavy (non-hydrogen) atoms. The van der Waals surface area contributed by atoms with E-state index in [-0.39, 0.29) is 11.9 Å². The molecule has 0 aliphatic carbocycles. The number of rotatable bonds is 2. The van der Waals surface area contributed by atoms with Gasteiger partial charge in [0, 0.05) is 25.6 Å². The minimum atomic E-state index is 0.157. The van der Waals surface area contributed by atoms with Crippen molar-refractivity contribution in [3.8, 4) is 0 Å². The van der Waals surface area contributed by atoms with Gasteiger partial charge in [-0.1, -0.05) is 48.5 Å². The van der Waals surface area contributed by atoms with Crippen LogP contribution >= 0.6 is 0 Å². The summed E-state index contributed by atoms with van der Waals surface area (Å²) < 4.78 is 0. The smallest absolute Gasteiger partial charge is 0.224 e. The molecule has 0 fully saturated rings. The average Bonchev–Trinajstić information content (AvgIpc) is 2.61. The number of fused-ring (bicyclic) bond motifs is 2. The summed E-state index contributed by atoms with van der Waals surface area (Å²) in [5.41, 5.74) is 5.36. The Hall–Kier alpha value is -2.13. The number of benzene rings is 2. The number of carbonyl (C=O) groups excluding carboxylic acids is 1. The molecule has 2 aliphatic rings. The number of hydrogen-bond acceptors (Lipinski definition) is 2. The summed E-state index contributed by atoms with van der Waals surface area (Å²) in [5, 5.41) is 3.52. The van der Waals surface area contributed by atoms with E-state index in [0.717, 1.165) is 32.5 Å². The van der Waals surface area contributed by atoms with E-state index in [1.165, 1.54) is 22.3 Å². The van der Waals surface area contributed by atoms with Crippen molar-refractivity contribution in [1.29, 1.82) is 0 Å². The van der Waals surface area contributed by atoms with E-state index >= 15 is 0 Å². The van der Waals surface area contributed by atoms with Crippen LogP contribution in [0.4, 0.5) is 0 Å². The molecule has 0 bridgehead atoms. The third-order valence-electron chi connectivity index (χ3n) is 5.08. The first-order valence-electron chi connectivity index (χ1n) is 8.47. The van der Waals surface area contributed by atoms with Gasteiger partial charge in [-0.2, -0.15) is 0 Å². The highest BCUT2D eigenvalue weighted by atomic mass is 16.2. The molecule has 1 unspecified atom stereocenters. The predicted octanol–water partition coefficient (Wildman–Crippen LogP) is 2.85. The lowest BCUT2D eigenvalue weighted by molar-refractivity contribution is -0.132. The fraction of sp³-hybridized carbons (Fsp3) is 0.350. The van der Waals surface area contributed by atoms with Gasteiger partial charge in [0.1, 0.15) is 0 Å². The summed E-state index contributed by atoms with van der Waals surface area (Å²) in [6, 6.07) is 17.1. The van der Waals surface area contributed by atoms with Gasteiger partial charge in [-0.15, -0.1) is 0 Å². The molecule has 2 aromatic carbocycles. The Bertz CT molecular complexity index is 725. The van der Waals surface area contributed by atoms with Crippen molar-refractivity contribution >= 4 is 5.91 Å². The van der Waals surface area contributed by atoms with E-state index in [0.29, 0.717) is 6.42 Å². The highest BCUT2D eigenvalue weighted by Gasteiger charge is 2.26. The van der Waals surface area contributed by atoms with Crippen molar-refractivity contribution in [2.24, 2.45) is 0 Å². The Morgan fingerprint density at radius 2 is 1.74 bits per heavy atom. The minimum Gasteiger partial charge on any atom is -0.338 e. The van der Waals surface area contributed by atoms with Crippen molar-refractivity contribution in [3.63, 3.8) is 0 Å². The molecule has 1 amide bonds. The van der Waals surface area contributed by atoms with Gasteiger partial charge < -0.3 is 10.2 Å². The molecule has 4 rings (SSSR count). The first-order chi connectivity index (χ1) is 11.3. The quantitative estimate of drug-likeness (QED) is 0.925. The maximum Gasteiger partial charge on any atom is 0.224 e. The second-order valence-corrected chi connectivity index (χ2v) is 6.49. The highest BCUT2D eigenvalue weighted by Crippen LogP contribution is 2.27. The van der Waals surface area contributed by atoms with E-state index in [1.807, 2.05) is 4.90 Å². The summed E-state index contributed by atoms with van der Waals surface area (Å²) in [6.07, 6.45) is 2.58. The normalized spacial score (nSPS) is 19.8. The van der Waals surface area contributed by atoms with E-state index in [1.54, 1.807) is 0 Å². The van der Waals surface area contributed by atoms with Crippen LogP contribution in [0.1, 0.15) is 34.7 Å². The molecule has 0 radical (unpaired) electrons. The molecule has 2 aliphatic heterocycles. The number of hydrogen-bond donors (Lipinski definition) is 1. The average molecular weight is 306 g/mol. The zero-order chi connectivity index (χ0) is 15.6. The van der Waals surface area contributed by atoms with Crippen molar-refractivity contribution in [2.45, 2.75) is 31.8 Å². The molecule has 2 aromatic rings. The Kier molecular flexibility index (Phi) is 3.88. The summed E-state index contributed by atoms with van der Waals surface area (Å²) >= 11 is 0. The Morgan fingerprint density at radius 1 is 1.00 bits per heavy atom. The van der Waals surface area contributed by atoms with Gasteiger partial charge in [0.05, 0.1) is 0 Å². The van der Waals surface area contributed by atoms with E-state index in [9.17, 15) is 4.79 Å². The lowest BCUT2D eigenvalue weighted by Gasteiger charge is -2.32. The number of nitrogens with one attached hydrogen (secondary N) is 1. The first kappa shape index (κ1) is 14.5. The molecule has 3 nitrogen and oxygen atoms in total. The van der Waals surface area contributed by atoms with Gasteiger partial charge in [-0.3, -0.25) is 4.79 Å². The number of amides is 1. The second-order valence-electron chi connectivity index (χ2n) is 6.49. The molecular weight excluding hydrogens is 284 g/mol. The lowest BCUT2D eigenvalue weighted by Crippen LogP contribution is -2.39. The largest absolute Gasteiger partial charge is 0.338 e. The van der Waals surface area contributed by atoms with E-state index < -0.39 is 0 Å². The van der Waals surface area contributed by atoms with Gasteiger partial charge in [-0.05, 0) is 41.6 Å². The topological polar surface area (TPSA) is 32.3 Å². The maximum absolute atomic E-state index is 12.8. The van der Waals surface area contributed by atoms with Gasteiger partial charge in [0.15, 0.2) is 0 Å². The van der Waals surface area contributed by atoms with Crippen LogP contribution in [0.25, 0.3) is 0 Å². The SMILES string of the molecule is O=C(CC1NCCc2ccccc21)N1CCc2ccccc2C1. The standard InChI is InChI=1S/C20H22N2O/c23-20(22-12-10-15-5-1-2-7-17(15)14-22)13-19-18-8-4-3-6-16(18)9-11-21-19/h1-8,19,21H,9-14H2. The number of carbonyl (C=O) groups is 1. The van der Waals surface area contributed by atoms with Gasteiger partial charge in [0.2, 0.25) is 5.91 Å². The fourth-order valence-electron chi connectivity index (χ4n) is 3.79. The molecule has 0 aromatic heterocycles. The molecule has 0 saturated heterocycles. The van der Waals surface area contributed by atoms with Gasteiger partial charge in [0.25, 0.3) is 0 Å². The molecule has 3 heteroatoms. The van der Waals surface area contributed by atoms with Crippen molar-refractivity contribution in [2.75, 3.05) is 13.1 Å². The van der Waals surface area contributed by atoms with Crippen molar-refractivity contribution < 1.29 is 4.79 Å². The van der Waals surface area contributed by atoms with Crippen LogP contribution in [0.2, 0.25) is 0 Å². The second kappa shape index (κ2) is 6.17. The molecule has 118 valence electrons. The summed E-state index contributed by atoms with van der Waals surface area (Å²) in [4.78, 5) is 14.8. The Morgan fingerprint density at radius 3 is 2.61 bits per heavy atom. The van der Waals surface area contributed by atoms with Crippen LogP contribution in [0.15, 0.2) is 48.5 Å². The summed E-state index contributed by atoms with van der Waals surface area (Å²) in [7, 11) is 0. The van der Waals surface area contributed by atoms with Crippen LogP contribution < -0.4 is 5.32 Å². The third-order valence-corrected chi connectivity index (χ3v) is 5.08. The van der Waals surface area contributed by atoms with Gasteiger partial charge >= 0.3 is 0 Å². The molecule has 0 spiro atoms. The molecule has 2 heterocycles. The minimum absolute atomic E-state index is 0.157. The zero-order valence-corrected chi connectivity index (χ0v) is 13.3. The summed E-state index contributed by atoms with van der Waals surface area (Å²) in [5.74, 6) is 0.258. The molecule has 0 saturated carbocycles. The van der Waals surface area contributed by atoms with Crippen LogP contribution in [0, 0.1) is 0 Å². The van der Waals surface area contributed by atoms with Crippen LogP contribution in [0.3, 0.4) is 0 Å². The lowest BCUT2D eigenvalue weighted by atomic mass is 9.92. The van der Waals surface area contributed by atoms with Crippen LogP contribution in [-0.2, 0) is 24.2 Å². The monoisotopic (exact) mass is 306 g/mol. The zero-order valence-electron chi connectivity index (χ0n) is 13.3. The predicted molar refractivity (Wildman–Crippen MR) is 91.1 cm³/mol. The van der Waals surface area contributed by atoms with Gasteiger partial charge in [-0.25, -0.2) is 0 Å². The maximum atomic E-state index is 12.8. The third kappa shape index (κ3) is 2.89. The van der Waals surface area contributed by atoms with E-state index in [4.69, 9.17) is 0 Å². The Labute approximate surface area is 137 Å². The molecular formula is C20H22N2O. The fourth-order valence-corrected chi connectivity index (χ4v) is 3.79. The van der Waals surface area contributed by atoms with E-state index in [2.05, 4.69) is 53.8 Å². The Balaban J connectivity index is 1.47. The van der Waals surface area contributed by atoms with Crippen molar-refractivity contribution in [3.05, 3.63) is 70.8 Å². The number of nitrogens with zero attached hydrogens (tertiary/aromatic N) is 1. The van der Waals surface area contributed by atoms with Crippen LogP contribution in [-0.4, -0.2) is 23.9 Å². The first-order valence-corrected chi connectivity index (χ1v) is 8.47. The van der Waals surface area contributed by atoms with Crippen LogP contribution in [0.5, 0.6) is 0 Å². The summed E-state index contributed by atoms with van der Waals surface area (Å²) in [6.45, 7) is 2.55. The highest BCUT2D eigenvalue weighted by molar-refractivity contribution is 5.77.